The third kappa shape index (κ3) is 5.52. The second kappa shape index (κ2) is 12.6. The average molecular weight is 601 g/mol. The van der Waals surface area contributed by atoms with Crippen molar-refractivity contribution in [1.82, 2.24) is 14.7 Å². The van der Waals surface area contributed by atoms with Gasteiger partial charge < -0.3 is 24.4 Å². The first kappa shape index (κ1) is 28.6. The van der Waals surface area contributed by atoms with Crippen molar-refractivity contribution in [2.24, 2.45) is 11.8 Å². The van der Waals surface area contributed by atoms with Gasteiger partial charge in [0.25, 0.3) is 0 Å². The van der Waals surface area contributed by atoms with E-state index in [1.54, 1.807) is 33.7 Å². The van der Waals surface area contributed by atoms with Crippen molar-refractivity contribution in [2.75, 3.05) is 65.7 Å². The molecule has 11 heteroatoms. The van der Waals surface area contributed by atoms with E-state index in [9.17, 15) is 19.5 Å². The lowest BCUT2D eigenvalue weighted by atomic mass is 9.71. The summed E-state index contributed by atoms with van der Waals surface area (Å²) in [6, 6.07) is -0.706. The highest BCUT2D eigenvalue weighted by atomic mass is 79.9. The van der Waals surface area contributed by atoms with Crippen molar-refractivity contribution >= 4 is 45.5 Å². The van der Waals surface area contributed by atoms with Crippen LogP contribution >= 0.6 is 27.7 Å². The summed E-state index contributed by atoms with van der Waals surface area (Å²) in [5.41, 5.74) is 0. The Hall–Kier alpha value is -1.40. The van der Waals surface area contributed by atoms with Gasteiger partial charge in [-0.05, 0) is 19.3 Å². The Morgan fingerprint density at radius 3 is 2.70 bits per heavy atom. The number of carbonyl (C=O) groups excluding carboxylic acids is 3. The molecule has 0 aliphatic carbocycles. The maximum Gasteiger partial charge on any atom is 0.310 e. The highest BCUT2D eigenvalue weighted by molar-refractivity contribution is 9.09. The number of halogens is 1. The standard InChI is InChI=1S/C26H38BrN3O6S/c1-3-5-14-36-25(34)19-20-23(32)30(8-6-13-31)22(26(20)17-18(27)21(19)37-26)24(33)29(7-4-2)10-9-28-11-15-35-16-12-28/h3-4,18-22,31H,1-2,5-17H2/t18?,19-,20+,21-,22?,26?/m1/s1. The topological polar surface area (TPSA) is 99.6 Å². The first-order chi connectivity index (χ1) is 17.9. The maximum absolute atomic E-state index is 14.3. The van der Waals surface area contributed by atoms with Gasteiger partial charge >= 0.3 is 5.97 Å². The number of hydrogen-bond donors (Lipinski definition) is 1. The number of aliphatic hydroxyl groups is 1. The van der Waals surface area contributed by atoms with Gasteiger partial charge in [-0.2, -0.15) is 0 Å². The molecule has 0 saturated carbocycles. The lowest BCUT2D eigenvalue weighted by Gasteiger charge is -2.38. The Morgan fingerprint density at radius 1 is 1.27 bits per heavy atom. The molecule has 0 radical (unpaired) electrons. The van der Waals surface area contributed by atoms with E-state index in [2.05, 4.69) is 34.0 Å². The van der Waals surface area contributed by atoms with Crippen LogP contribution in [-0.4, -0.2) is 124 Å². The van der Waals surface area contributed by atoms with Crippen molar-refractivity contribution in [3.8, 4) is 0 Å². The van der Waals surface area contributed by atoms with Crippen molar-refractivity contribution in [3.05, 3.63) is 25.3 Å². The molecule has 1 spiro atoms. The molecule has 2 amide bonds. The highest BCUT2D eigenvalue weighted by Crippen LogP contribution is 2.68. The minimum absolute atomic E-state index is 0.00667. The van der Waals surface area contributed by atoms with Gasteiger partial charge in [0.2, 0.25) is 11.8 Å². The Morgan fingerprint density at radius 2 is 2.03 bits per heavy atom. The summed E-state index contributed by atoms with van der Waals surface area (Å²) < 4.78 is 10.3. The number of alkyl halides is 1. The minimum atomic E-state index is -0.719. The van der Waals surface area contributed by atoms with Gasteiger partial charge in [0, 0.05) is 56.0 Å². The van der Waals surface area contributed by atoms with Crippen LogP contribution in [0.1, 0.15) is 19.3 Å². The molecule has 206 valence electrons. The van der Waals surface area contributed by atoms with Gasteiger partial charge in [-0.1, -0.05) is 28.1 Å². The summed E-state index contributed by atoms with van der Waals surface area (Å²) in [6.07, 6.45) is 4.93. The molecule has 9 nitrogen and oxygen atoms in total. The predicted molar refractivity (Wildman–Crippen MR) is 145 cm³/mol. The highest BCUT2D eigenvalue weighted by Gasteiger charge is 2.76. The third-order valence-electron chi connectivity index (χ3n) is 7.87. The van der Waals surface area contributed by atoms with E-state index in [4.69, 9.17) is 9.47 Å². The zero-order valence-corrected chi connectivity index (χ0v) is 23.7. The largest absolute Gasteiger partial charge is 0.465 e. The Kier molecular flexibility index (Phi) is 9.77. The second-order valence-electron chi connectivity index (χ2n) is 10.0. The van der Waals surface area contributed by atoms with Crippen LogP contribution < -0.4 is 0 Å². The van der Waals surface area contributed by atoms with Crippen LogP contribution in [0.4, 0.5) is 0 Å². The number of likely N-dealkylation sites (tertiary alicyclic amines) is 1. The Labute approximate surface area is 231 Å². The van der Waals surface area contributed by atoms with Crippen molar-refractivity contribution in [2.45, 2.75) is 40.1 Å². The number of hydrogen-bond acceptors (Lipinski definition) is 8. The number of nitrogens with zero attached hydrogens (tertiary/aromatic N) is 3. The fourth-order valence-electron chi connectivity index (χ4n) is 6.21. The molecule has 0 aromatic heterocycles. The fourth-order valence-corrected chi connectivity index (χ4v) is 9.80. The number of ether oxygens (including phenoxy) is 2. The number of amides is 2. The van der Waals surface area contributed by atoms with E-state index >= 15 is 0 Å². The number of esters is 1. The molecule has 37 heavy (non-hydrogen) atoms. The van der Waals surface area contributed by atoms with E-state index in [1.165, 1.54) is 0 Å². The maximum atomic E-state index is 14.3. The van der Waals surface area contributed by atoms with Gasteiger partial charge in [-0.15, -0.1) is 24.9 Å². The molecular weight excluding hydrogens is 562 g/mol. The third-order valence-corrected chi connectivity index (χ3v) is 11.1. The van der Waals surface area contributed by atoms with Crippen LogP contribution in [-0.2, 0) is 23.9 Å². The van der Waals surface area contributed by atoms with E-state index < -0.39 is 22.6 Å². The van der Waals surface area contributed by atoms with Gasteiger partial charge in [0.1, 0.15) is 6.04 Å². The molecule has 2 bridgehead atoms. The van der Waals surface area contributed by atoms with E-state index in [0.717, 1.165) is 13.1 Å². The summed E-state index contributed by atoms with van der Waals surface area (Å²) in [4.78, 5) is 47.1. The van der Waals surface area contributed by atoms with E-state index in [1.807, 2.05) is 0 Å². The Balaban J connectivity index is 1.61. The second-order valence-corrected chi connectivity index (χ2v) is 12.8. The Bertz CT molecular complexity index is 886. The molecule has 0 aromatic carbocycles. The SMILES string of the molecule is C=CCCOC(=O)[C@H]1[C@@H]2SC3(CC2Br)C(C(=O)N(CC=C)CCN2CCOCC2)N(CCCO)C(=O)[C@H]13. The molecule has 4 saturated heterocycles. The normalized spacial score (nSPS) is 32.9. The monoisotopic (exact) mass is 599 g/mol. The number of fused-ring (bicyclic) bond motifs is 1. The van der Waals surface area contributed by atoms with E-state index in [-0.39, 0.29) is 47.6 Å². The predicted octanol–water partition coefficient (Wildman–Crippen LogP) is 1.30. The first-order valence-corrected chi connectivity index (χ1v) is 14.9. The smallest absolute Gasteiger partial charge is 0.310 e. The van der Waals surface area contributed by atoms with Gasteiger partial charge in [-0.25, -0.2) is 0 Å². The molecule has 4 heterocycles. The lowest BCUT2D eigenvalue weighted by Crippen LogP contribution is -2.56. The average Bonchev–Trinajstić information content (AvgIpc) is 3.49. The summed E-state index contributed by atoms with van der Waals surface area (Å²) in [6.45, 7) is 12.6. The van der Waals surface area contributed by atoms with E-state index in [0.29, 0.717) is 52.1 Å². The number of carbonyl (C=O) groups is 3. The lowest BCUT2D eigenvalue weighted by molar-refractivity contribution is -0.154. The summed E-state index contributed by atoms with van der Waals surface area (Å²) >= 11 is 5.36. The van der Waals surface area contributed by atoms with Crippen molar-refractivity contribution in [3.63, 3.8) is 0 Å². The van der Waals surface area contributed by atoms with Crippen LogP contribution in [0, 0.1) is 11.8 Å². The van der Waals surface area contributed by atoms with Gasteiger partial charge in [0.05, 0.1) is 36.4 Å². The van der Waals surface area contributed by atoms with Crippen LogP contribution in [0.2, 0.25) is 0 Å². The first-order valence-electron chi connectivity index (χ1n) is 13.1. The summed E-state index contributed by atoms with van der Waals surface area (Å²) in [5.74, 6) is -1.91. The molecule has 4 aliphatic heterocycles. The number of aliphatic hydroxyl groups excluding tert-OH is 1. The summed E-state index contributed by atoms with van der Waals surface area (Å²) in [5, 5.41) is 9.40. The van der Waals surface area contributed by atoms with Crippen LogP contribution in [0.3, 0.4) is 0 Å². The zero-order chi connectivity index (χ0) is 26.6. The van der Waals surface area contributed by atoms with Crippen molar-refractivity contribution in [1.29, 1.82) is 0 Å². The molecule has 6 atom stereocenters. The molecule has 4 fully saturated rings. The quantitative estimate of drug-likeness (QED) is 0.146. The molecule has 4 aliphatic rings. The number of morpholine rings is 1. The molecule has 0 aromatic rings. The molecule has 4 rings (SSSR count). The van der Waals surface area contributed by atoms with Crippen LogP contribution in [0.15, 0.2) is 25.3 Å². The molecular formula is C26H38BrN3O6S. The van der Waals surface area contributed by atoms with Crippen LogP contribution in [0.5, 0.6) is 0 Å². The van der Waals surface area contributed by atoms with Crippen LogP contribution in [0.25, 0.3) is 0 Å². The molecule has 1 N–H and O–H groups in total. The number of thioether (sulfide) groups is 1. The number of rotatable bonds is 13. The van der Waals surface area contributed by atoms with Gasteiger partial charge in [0.15, 0.2) is 0 Å². The van der Waals surface area contributed by atoms with Crippen molar-refractivity contribution < 1.29 is 29.0 Å². The fraction of sp³-hybridized carbons (Fsp3) is 0.731. The zero-order valence-electron chi connectivity index (χ0n) is 21.3. The van der Waals surface area contributed by atoms with Gasteiger partial charge in [-0.3, -0.25) is 19.3 Å². The molecule has 3 unspecified atom stereocenters. The minimum Gasteiger partial charge on any atom is -0.465 e. The summed E-state index contributed by atoms with van der Waals surface area (Å²) in [7, 11) is 0.